The number of halogens is 1. The van der Waals surface area contributed by atoms with E-state index in [-0.39, 0.29) is 0 Å². The molecule has 0 saturated heterocycles. The molecule has 2 rings (SSSR count). The molecule has 0 fully saturated rings. The van der Waals surface area contributed by atoms with Crippen molar-refractivity contribution in [3.8, 4) is 0 Å². The molecular weight excluding hydrogens is 216 g/mol. The second kappa shape index (κ2) is 5.00. The molecule has 1 heteroatoms. The largest absolute Gasteiger partial charge is 0.0843 e. The first-order valence-corrected chi connectivity index (χ1v) is 5.63. The first-order chi connectivity index (χ1) is 7.75. The zero-order valence-corrected chi connectivity index (χ0v) is 9.91. The van der Waals surface area contributed by atoms with Gasteiger partial charge in [-0.05, 0) is 35.8 Å². The molecule has 0 spiro atoms. The van der Waals surface area contributed by atoms with Crippen molar-refractivity contribution in [1.29, 1.82) is 0 Å². The number of hydrogen-bond acceptors (Lipinski definition) is 0. The van der Waals surface area contributed by atoms with Crippen molar-refractivity contribution in [1.82, 2.24) is 0 Å². The third kappa shape index (κ3) is 2.74. The summed E-state index contributed by atoms with van der Waals surface area (Å²) < 4.78 is 0. The van der Waals surface area contributed by atoms with Gasteiger partial charge in [-0.1, -0.05) is 60.1 Å². The van der Waals surface area contributed by atoms with Crippen molar-refractivity contribution in [3.63, 3.8) is 0 Å². The van der Waals surface area contributed by atoms with Crippen LogP contribution in [-0.2, 0) is 0 Å². The van der Waals surface area contributed by atoms with Crippen LogP contribution in [-0.4, -0.2) is 0 Å². The Labute approximate surface area is 101 Å². The predicted octanol–water partition coefficient (Wildman–Crippen LogP) is 4.90. The summed E-state index contributed by atoms with van der Waals surface area (Å²) in [5.74, 6) is 0. The smallest absolute Gasteiger partial charge is 0.0406 e. The van der Waals surface area contributed by atoms with E-state index in [2.05, 4.69) is 25.1 Å². The van der Waals surface area contributed by atoms with Gasteiger partial charge >= 0.3 is 0 Å². The van der Waals surface area contributed by atoms with Crippen molar-refractivity contribution in [2.24, 2.45) is 0 Å². The van der Waals surface area contributed by atoms with Crippen LogP contribution in [0.2, 0.25) is 5.02 Å². The van der Waals surface area contributed by atoms with Gasteiger partial charge in [0.2, 0.25) is 0 Å². The molecule has 80 valence electrons. The molecule has 0 amide bonds. The summed E-state index contributed by atoms with van der Waals surface area (Å²) in [7, 11) is 0. The Bertz CT molecular complexity index is 481. The van der Waals surface area contributed by atoms with E-state index in [1.165, 1.54) is 16.7 Å². The molecule has 0 aromatic heterocycles. The van der Waals surface area contributed by atoms with E-state index in [9.17, 15) is 0 Å². The lowest BCUT2D eigenvalue weighted by molar-refractivity contribution is 1.57. The number of allylic oxidation sites excluding steroid dienone is 1. The maximum Gasteiger partial charge on any atom is 0.0406 e. The number of hydrogen-bond donors (Lipinski definition) is 0. The Hall–Kier alpha value is -1.53. The van der Waals surface area contributed by atoms with E-state index in [0.717, 1.165) is 5.02 Å². The summed E-state index contributed by atoms with van der Waals surface area (Å²) in [4.78, 5) is 0. The minimum Gasteiger partial charge on any atom is -0.0843 e. The molecule has 2 aromatic rings. The van der Waals surface area contributed by atoms with Gasteiger partial charge in [-0.15, -0.1) is 0 Å². The van der Waals surface area contributed by atoms with Crippen molar-refractivity contribution in [2.45, 2.75) is 6.92 Å². The molecule has 0 bridgehead atoms. The zero-order chi connectivity index (χ0) is 11.4. The van der Waals surface area contributed by atoms with Crippen LogP contribution < -0.4 is 0 Å². The molecule has 0 saturated carbocycles. The standard InChI is InChI=1S/C15H13Cl/c1-12(11-13-5-3-2-4-6-13)14-7-9-15(16)10-8-14/h2-11H,1H3/b12-11-. The highest BCUT2D eigenvalue weighted by molar-refractivity contribution is 6.30. The quantitative estimate of drug-likeness (QED) is 0.642. The van der Waals surface area contributed by atoms with Gasteiger partial charge in [-0.25, -0.2) is 0 Å². The van der Waals surface area contributed by atoms with Crippen LogP contribution in [0, 0.1) is 0 Å². The van der Waals surface area contributed by atoms with Crippen LogP contribution in [0.1, 0.15) is 18.1 Å². The Kier molecular flexibility index (Phi) is 3.43. The minimum absolute atomic E-state index is 0.774. The normalized spacial score (nSPS) is 11.5. The van der Waals surface area contributed by atoms with Gasteiger partial charge in [-0.2, -0.15) is 0 Å². The molecule has 0 aliphatic carbocycles. The van der Waals surface area contributed by atoms with Crippen molar-refractivity contribution in [3.05, 3.63) is 70.7 Å². The maximum atomic E-state index is 5.86. The Morgan fingerprint density at radius 1 is 0.938 bits per heavy atom. The number of rotatable bonds is 2. The second-order valence-corrected chi connectivity index (χ2v) is 4.18. The topological polar surface area (TPSA) is 0 Å². The molecule has 0 atom stereocenters. The summed E-state index contributed by atoms with van der Waals surface area (Å²) in [6.07, 6.45) is 2.17. The molecule has 0 aliphatic heterocycles. The Balaban J connectivity index is 2.28. The van der Waals surface area contributed by atoms with Crippen LogP contribution in [0.3, 0.4) is 0 Å². The summed E-state index contributed by atoms with van der Waals surface area (Å²) in [5.41, 5.74) is 3.66. The molecular formula is C15H13Cl. The van der Waals surface area contributed by atoms with Crippen LogP contribution in [0.25, 0.3) is 11.6 Å². The lowest BCUT2D eigenvalue weighted by Gasteiger charge is -2.02. The van der Waals surface area contributed by atoms with Crippen molar-refractivity contribution >= 4 is 23.3 Å². The molecule has 0 aliphatic rings. The van der Waals surface area contributed by atoms with Gasteiger partial charge in [0.1, 0.15) is 0 Å². The fourth-order valence-electron chi connectivity index (χ4n) is 1.60. The highest BCUT2D eigenvalue weighted by Gasteiger charge is 1.95. The summed E-state index contributed by atoms with van der Waals surface area (Å²) in [6.45, 7) is 2.11. The van der Waals surface area contributed by atoms with Gasteiger partial charge < -0.3 is 0 Å². The van der Waals surface area contributed by atoms with E-state index in [4.69, 9.17) is 11.6 Å². The summed E-state index contributed by atoms with van der Waals surface area (Å²) >= 11 is 5.86. The monoisotopic (exact) mass is 228 g/mol. The van der Waals surface area contributed by atoms with Gasteiger partial charge in [0.25, 0.3) is 0 Å². The molecule has 0 unspecified atom stereocenters. The minimum atomic E-state index is 0.774. The molecule has 0 N–H and O–H groups in total. The third-order valence-electron chi connectivity index (χ3n) is 2.48. The number of benzene rings is 2. The van der Waals surface area contributed by atoms with Crippen molar-refractivity contribution < 1.29 is 0 Å². The van der Waals surface area contributed by atoms with Gasteiger partial charge in [0.15, 0.2) is 0 Å². The molecule has 0 heterocycles. The fourth-order valence-corrected chi connectivity index (χ4v) is 1.72. The second-order valence-electron chi connectivity index (χ2n) is 3.74. The fraction of sp³-hybridized carbons (Fsp3) is 0.0667. The van der Waals surface area contributed by atoms with Crippen LogP contribution >= 0.6 is 11.6 Å². The van der Waals surface area contributed by atoms with Gasteiger partial charge in [-0.3, -0.25) is 0 Å². The van der Waals surface area contributed by atoms with E-state index in [1.54, 1.807) is 0 Å². The van der Waals surface area contributed by atoms with Crippen LogP contribution in [0.4, 0.5) is 0 Å². The lowest BCUT2D eigenvalue weighted by Crippen LogP contribution is -1.79. The predicted molar refractivity (Wildman–Crippen MR) is 71.4 cm³/mol. The van der Waals surface area contributed by atoms with E-state index >= 15 is 0 Å². The average Bonchev–Trinajstić information content (AvgIpc) is 2.31. The maximum absolute atomic E-state index is 5.86. The molecule has 0 nitrogen and oxygen atoms in total. The molecule has 0 radical (unpaired) electrons. The Morgan fingerprint density at radius 2 is 1.56 bits per heavy atom. The van der Waals surface area contributed by atoms with E-state index < -0.39 is 0 Å². The van der Waals surface area contributed by atoms with E-state index in [1.807, 2.05) is 42.5 Å². The van der Waals surface area contributed by atoms with Gasteiger partial charge in [0, 0.05) is 5.02 Å². The Morgan fingerprint density at radius 3 is 2.19 bits per heavy atom. The van der Waals surface area contributed by atoms with Crippen molar-refractivity contribution in [2.75, 3.05) is 0 Å². The highest BCUT2D eigenvalue weighted by atomic mass is 35.5. The summed E-state index contributed by atoms with van der Waals surface area (Å²) in [6, 6.07) is 18.2. The van der Waals surface area contributed by atoms with Gasteiger partial charge in [0.05, 0.1) is 0 Å². The van der Waals surface area contributed by atoms with Crippen LogP contribution in [0.15, 0.2) is 54.6 Å². The highest BCUT2D eigenvalue weighted by Crippen LogP contribution is 2.19. The average molecular weight is 229 g/mol. The summed E-state index contributed by atoms with van der Waals surface area (Å²) in [5, 5.41) is 0.774. The third-order valence-corrected chi connectivity index (χ3v) is 2.73. The zero-order valence-electron chi connectivity index (χ0n) is 9.15. The molecule has 16 heavy (non-hydrogen) atoms. The first-order valence-electron chi connectivity index (χ1n) is 5.25. The molecule has 2 aromatic carbocycles. The van der Waals surface area contributed by atoms with E-state index in [0.29, 0.717) is 0 Å². The first kappa shape index (κ1) is 11.0. The van der Waals surface area contributed by atoms with Crippen LogP contribution in [0.5, 0.6) is 0 Å². The lowest BCUT2D eigenvalue weighted by atomic mass is 10.0. The SMILES string of the molecule is C/C(=C/c1ccccc1)c1ccc(Cl)cc1.